The van der Waals surface area contributed by atoms with Crippen molar-refractivity contribution in [2.24, 2.45) is 0 Å². The van der Waals surface area contributed by atoms with Crippen molar-refractivity contribution in [3.05, 3.63) is 34.6 Å². The molecule has 33 heavy (non-hydrogen) atoms. The van der Waals surface area contributed by atoms with Gasteiger partial charge >= 0.3 is 0 Å². The first-order valence-electron chi connectivity index (χ1n) is 11.1. The Morgan fingerprint density at radius 3 is 2.85 bits per heavy atom. The summed E-state index contributed by atoms with van der Waals surface area (Å²) in [6.07, 6.45) is 0.708. The van der Waals surface area contributed by atoms with E-state index in [1.807, 2.05) is 11.8 Å². The molecule has 2 saturated heterocycles. The number of hydrogen-bond donors (Lipinski definition) is 2. The molecule has 176 valence electrons. The van der Waals surface area contributed by atoms with Gasteiger partial charge in [-0.3, -0.25) is 4.79 Å². The van der Waals surface area contributed by atoms with Gasteiger partial charge in [0.05, 0.1) is 23.8 Å². The van der Waals surface area contributed by atoms with Crippen LogP contribution in [0.1, 0.15) is 23.7 Å². The molecular formula is C23H26ClFN4O4. The molecule has 2 aromatic rings. The van der Waals surface area contributed by atoms with Crippen molar-refractivity contribution < 1.29 is 23.8 Å². The summed E-state index contributed by atoms with van der Waals surface area (Å²) < 4.78 is 26.5. The Morgan fingerprint density at radius 2 is 2.12 bits per heavy atom. The first-order chi connectivity index (χ1) is 15.9. The summed E-state index contributed by atoms with van der Waals surface area (Å²) in [5.41, 5.74) is 0.189. The number of carbonyl (C=O) groups excluding carboxylic acids is 1. The average molecular weight is 477 g/mol. The van der Waals surface area contributed by atoms with Crippen LogP contribution in [-0.4, -0.2) is 79.0 Å². The highest BCUT2D eigenvalue weighted by Crippen LogP contribution is 2.46. The van der Waals surface area contributed by atoms with Crippen molar-refractivity contribution in [2.45, 2.75) is 31.5 Å². The maximum absolute atomic E-state index is 14.8. The number of rotatable bonds is 3. The van der Waals surface area contributed by atoms with Crippen LogP contribution >= 0.6 is 11.6 Å². The number of benzene rings is 1. The number of ether oxygens (including phenoxy) is 2. The minimum absolute atomic E-state index is 0.00504. The van der Waals surface area contributed by atoms with Gasteiger partial charge in [0.1, 0.15) is 40.3 Å². The predicted molar refractivity (Wildman–Crippen MR) is 122 cm³/mol. The first kappa shape index (κ1) is 22.2. The fraction of sp³-hybridized carbons (Fsp3) is 0.478. The highest BCUT2D eigenvalue weighted by Gasteiger charge is 2.41. The lowest BCUT2D eigenvalue weighted by Crippen LogP contribution is -2.55. The monoisotopic (exact) mass is 476 g/mol. The zero-order valence-electron chi connectivity index (χ0n) is 18.5. The van der Waals surface area contributed by atoms with E-state index in [0.717, 1.165) is 6.42 Å². The minimum Gasteiger partial charge on any atom is -0.507 e. The molecule has 0 bridgehead atoms. The van der Waals surface area contributed by atoms with Crippen molar-refractivity contribution in [1.82, 2.24) is 15.2 Å². The van der Waals surface area contributed by atoms with Gasteiger partial charge in [-0.1, -0.05) is 17.7 Å². The summed E-state index contributed by atoms with van der Waals surface area (Å²) in [6.45, 7) is 4.67. The number of pyridine rings is 1. The van der Waals surface area contributed by atoms with Crippen LogP contribution in [0.4, 0.5) is 10.2 Å². The highest BCUT2D eigenvalue weighted by atomic mass is 35.5. The lowest BCUT2D eigenvalue weighted by Gasteiger charge is -2.34. The summed E-state index contributed by atoms with van der Waals surface area (Å²) in [5, 5.41) is 13.7. The summed E-state index contributed by atoms with van der Waals surface area (Å²) in [4.78, 5) is 22.3. The Balaban J connectivity index is 1.74. The second-order valence-electron chi connectivity index (χ2n) is 8.60. The van der Waals surface area contributed by atoms with Crippen LogP contribution in [0.3, 0.4) is 0 Å². The Labute approximate surface area is 196 Å². The highest BCUT2D eigenvalue weighted by molar-refractivity contribution is 6.35. The van der Waals surface area contributed by atoms with Gasteiger partial charge < -0.3 is 29.7 Å². The molecule has 3 atom stereocenters. The van der Waals surface area contributed by atoms with Gasteiger partial charge in [0, 0.05) is 33.3 Å². The molecule has 3 aliphatic heterocycles. The van der Waals surface area contributed by atoms with Crippen LogP contribution in [0.2, 0.25) is 5.02 Å². The number of amides is 1. The molecule has 10 heteroatoms. The number of nitrogens with zero attached hydrogens (tertiary/aromatic N) is 3. The van der Waals surface area contributed by atoms with Gasteiger partial charge in [0.2, 0.25) is 0 Å². The van der Waals surface area contributed by atoms with Crippen LogP contribution in [0.15, 0.2) is 18.2 Å². The number of aromatic nitrogens is 1. The second-order valence-corrected chi connectivity index (χ2v) is 8.98. The van der Waals surface area contributed by atoms with Crippen molar-refractivity contribution in [3.63, 3.8) is 0 Å². The van der Waals surface area contributed by atoms with Crippen LogP contribution < -0.4 is 15.0 Å². The number of piperazine rings is 1. The zero-order valence-corrected chi connectivity index (χ0v) is 19.2. The molecule has 0 unspecified atom stereocenters. The van der Waals surface area contributed by atoms with E-state index in [9.17, 15) is 14.3 Å². The lowest BCUT2D eigenvalue weighted by molar-refractivity contribution is 0.0606. The number of halogens is 2. The van der Waals surface area contributed by atoms with Gasteiger partial charge in [-0.2, -0.15) is 0 Å². The van der Waals surface area contributed by atoms with E-state index in [2.05, 4.69) is 5.32 Å². The van der Waals surface area contributed by atoms with Gasteiger partial charge in [-0.05, 0) is 25.5 Å². The van der Waals surface area contributed by atoms with Gasteiger partial charge in [0.25, 0.3) is 5.91 Å². The third-order valence-corrected chi connectivity index (χ3v) is 7.16. The molecule has 3 aliphatic rings. The number of phenolic OH excluding ortho intramolecular Hbond substituents is 1. The van der Waals surface area contributed by atoms with Crippen molar-refractivity contribution in [3.8, 4) is 22.8 Å². The number of aromatic hydroxyl groups is 1. The first-order valence-corrected chi connectivity index (χ1v) is 11.5. The number of nitrogens with one attached hydrogen (secondary N) is 1. The Bertz CT molecular complexity index is 1080. The fourth-order valence-electron chi connectivity index (χ4n) is 5.00. The zero-order chi connectivity index (χ0) is 23.3. The molecule has 1 aromatic carbocycles. The summed E-state index contributed by atoms with van der Waals surface area (Å²) in [5.74, 6) is -0.631. The third kappa shape index (κ3) is 3.59. The van der Waals surface area contributed by atoms with Crippen LogP contribution in [0.5, 0.6) is 11.5 Å². The molecule has 4 heterocycles. The Hall–Kier alpha value is -2.62. The van der Waals surface area contributed by atoms with E-state index in [-0.39, 0.29) is 64.0 Å². The number of hydrogen-bond acceptors (Lipinski definition) is 7. The molecule has 0 aliphatic carbocycles. The summed E-state index contributed by atoms with van der Waals surface area (Å²) in [7, 11) is 1.66. The van der Waals surface area contributed by atoms with Crippen molar-refractivity contribution >= 4 is 23.3 Å². The molecule has 0 spiro atoms. The van der Waals surface area contributed by atoms with Crippen molar-refractivity contribution in [1.29, 1.82) is 0 Å². The van der Waals surface area contributed by atoms with E-state index in [0.29, 0.717) is 32.0 Å². The smallest absolute Gasteiger partial charge is 0.261 e. The standard InChI is InChI=1S/C23H26ClFN4O4/c1-12-16(32-2)6-8-28(12)22-18-21(33-11-13-10-26-7-9-29(13)23(18)31)19(24)20(27-22)17-14(25)4-3-5-15(17)30/h3-5,12-13,16,26,30H,6-11H2,1-2H3/t12-,13+,16-/m0/s1. The number of phenols is 1. The molecule has 5 rings (SSSR count). The van der Waals surface area contributed by atoms with Gasteiger partial charge in [-0.15, -0.1) is 0 Å². The topological polar surface area (TPSA) is 87.2 Å². The SMILES string of the molecule is CO[C@H]1CCN(c2nc(-c3c(O)cccc3F)c(Cl)c3c2C(=O)N2CCNC[C@@H]2CO3)[C@H]1C. The Kier molecular flexibility index (Phi) is 5.80. The predicted octanol–water partition coefficient (Wildman–Crippen LogP) is 2.67. The maximum atomic E-state index is 14.8. The molecule has 1 aromatic heterocycles. The minimum atomic E-state index is -0.666. The number of anilines is 1. The summed E-state index contributed by atoms with van der Waals surface area (Å²) >= 11 is 6.72. The number of fused-ring (bicyclic) bond motifs is 2. The normalized spacial score (nSPS) is 24.8. The van der Waals surface area contributed by atoms with E-state index in [1.54, 1.807) is 12.0 Å². The molecular weight excluding hydrogens is 451 g/mol. The number of methoxy groups -OCH3 is 1. The third-order valence-electron chi connectivity index (χ3n) is 6.81. The molecule has 8 nitrogen and oxygen atoms in total. The van der Waals surface area contributed by atoms with E-state index >= 15 is 0 Å². The van der Waals surface area contributed by atoms with Crippen LogP contribution in [0.25, 0.3) is 11.3 Å². The molecule has 2 fully saturated rings. The fourth-order valence-corrected chi connectivity index (χ4v) is 5.29. The largest absolute Gasteiger partial charge is 0.507 e. The van der Waals surface area contributed by atoms with Gasteiger partial charge in [0.15, 0.2) is 5.75 Å². The molecule has 0 radical (unpaired) electrons. The quantitative estimate of drug-likeness (QED) is 0.704. The molecule has 0 saturated carbocycles. The van der Waals surface area contributed by atoms with E-state index in [1.165, 1.54) is 18.2 Å². The lowest BCUT2D eigenvalue weighted by atomic mass is 10.0. The van der Waals surface area contributed by atoms with Crippen molar-refractivity contribution in [2.75, 3.05) is 44.8 Å². The Morgan fingerprint density at radius 1 is 1.30 bits per heavy atom. The molecule has 1 amide bonds. The maximum Gasteiger partial charge on any atom is 0.261 e. The van der Waals surface area contributed by atoms with Gasteiger partial charge in [-0.25, -0.2) is 9.37 Å². The number of carbonyl (C=O) groups is 1. The van der Waals surface area contributed by atoms with E-state index < -0.39 is 5.82 Å². The van der Waals surface area contributed by atoms with Crippen LogP contribution in [-0.2, 0) is 4.74 Å². The second kappa shape index (κ2) is 8.62. The average Bonchev–Trinajstić information content (AvgIpc) is 3.11. The summed E-state index contributed by atoms with van der Waals surface area (Å²) in [6, 6.07) is 3.78. The van der Waals surface area contributed by atoms with E-state index in [4.69, 9.17) is 26.1 Å². The molecule has 2 N–H and O–H groups in total. The van der Waals surface area contributed by atoms with Crippen LogP contribution in [0, 0.1) is 5.82 Å².